The number of aliphatic hydroxyl groups excluding tert-OH is 1. The minimum absolute atomic E-state index is 0.340. The van der Waals surface area contributed by atoms with Crippen molar-refractivity contribution in [2.24, 2.45) is 0 Å². The molecule has 0 saturated carbocycles. The van der Waals surface area contributed by atoms with Crippen LogP contribution in [0.5, 0.6) is 5.75 Å². The van der Waals surface area contributed by atoms with E-state index in [1.165, 1.54) is 16.0 Å². The highest BCUT2D eigenvalue weighted by molar-refractivity contribution is 7.10. The zero-order chi connectivity index (χ0) is 16.2. The van der Waals surface area contributed by atoms with E-state index in [-0.39, 0.29) is 6.10 Å². The highest BCUT2D eigenvalue weighted by atomic mass is 32.1. The Morgan fingerprint density at radius 3 is 2.83 bits per heavy atom. The van der Waals surface area contributed by atoms with E-state index in [4.69, 9.17) is 4.74 Å². The first kappa shape index (κ1) is 16.2. The molecular formula is C19H23NO2S. The number of rotatable bonds is 6. The lowest BCUT2D eigenvalue weighted by molar-refractivity contribution is 0.127. The SMILES string of the molecule is Cc1ccsc1CN(CC1=Cc2ccccc2OC1)CC(C)O. The number of fused-ring (bicyclic) bond motifs is 1. The van der Waals surface area contributed by atoms with E-state index in [2.05, 4.69) is 35.4 Å². The smallest absolute Gasteiger partial charge is 0.127 e. The third kappa shape index (κ3) is 4.22. The summed E-state index contributed by atoms with van der Waals surface area (Å²) in [4.78, 5) is 3.66. The molecule has 1 aromatic heterocycles. The van der Waals surface area contributed by atoms with Crippen LogP contribution in [0.4, 0.5) is 0 Å². The van der Waals surface area contributed by atoms with Crippen LogP contribution < -0.4 is 4.74 Å². The standard InChI is InChI=1S/C19H23NO2S/c1-14-7-8-23-19(14)12-20(10-15(2)21)11-16-9-17-5-3-4-6-18(17)22-13-16/h3-9,15,21H,10-13H2,1-2H3. The number of aryl methyl sites for hydroxylation is 1. The second kappa shape index (κ2) is 7.30. The second-order valence-corrected chi connectivity index (χ2v) is 7.18. The molecular weight excluding hydrogens is 306 g/mol. The van der Waals surface area contributed by atoms with Crippen molar-refractivity contribution in [1.29, 1.82) is 0 Å². The number of ether oxygens (including phenoxy) is 1. The van der Waals surface area contributed by atoms with Crippen molar-refractivity contribution in [3.8, 4) is 5.75 Å². The average Bonchev–Trinajstić information content (AvgIpc) is 2.91. The van der Waals surface area contributed by atoms with Gasteiger partial charge in [0.15, 0.2) is 0 Å². The Morgan fingerprint density at radius 2 is 2.09 bits per heavy atom. The van der Waals surface area contributed by atoms with Crippen LogP contribution in [0.25, 0.3) is 6.08 Å². The largest absolute Gasteiger partial charge is 0.489 e. The molecule has 1 N–H and O–H groups in total. The third-order valence-corrected chi connectivity index (χ3v) is 4.98. The minimum Gasteiger partial charge on any atom is -0.489 e. The summed E-state index contributed by atoms with van der Waals surface area (Å²) in [7, 11) is 0. The highest BCUT2D eigenvalue weighted by Crippen LogP contribution is 2.26. The summed E-state index contributed by atoms with van der Waals surface area (Å²) in [6.45, 7) is 6.96. The van der Waals surface area contributed by atoms with Crippen molar-refractivity contribution < 1.29 is 9.84 Å². The van der Waals surface area contributed by atoms with Gasteiger partial charge in [0.25, 0.3) is 0 Å². The Balaban J connectivity index is 1.74. The molecule has 1 aromatic carbocycles. The summed E-state index contributed by atoms with van der Waals surface area (Å²) in [5, 5.41) is 11.9. The molecule has 0 amide bonds. The van der Waals surface area contributed by atoms with Gasteiger partial charge in [-0.1, -0.05) is 18.2 Å². The molecule has 23 heavy (non-hydrogen) atoms. The van der Waals surface area contributed by atoms with Crippen LogP contribution in [0.2, 0.25) is 0 Å². The molecule has 0 fully saturated rings. The van der Waals surface area contributed by atoms with Crippen molar-refractivity contribution in [2.75, 3.05) is 19.7 Å². The van der Waals surface area contributed by atoms with E-state index in [1.54, 1.807) is 11.3 Å². The molecule has 0 aliphatic carbocycles. The number of benzene rings is 1. The normalized spacial score (nSPS) is 15.0. The van der Waals surface area contributed by atoms with E-state index in [9.17, 15) is 5.11 Å². The monoisotopic (exact) mass is 329 g/mol. The minimum atomic E-state index is -0.340. The Kier molecular flexibility index (Phi) is 5.16. The molecule has 3 nitrogen and oxygen atoms in total. The number of para-hydroxylation sites is 1. The Bertz CT molecular complexity index is 690. The van der Waals surface area contributed by atoms with Crippen molar-refractivity contribution in [2.45, 2.75) is 26.5 Å². The molecule has 0 radical (unpaired) electrons. The van der Waals surface area contributed by atoms with E-state index in [0.29, 0.717) is 13.2 Å². The quantitative estimate of drug-likeness (QED) is 0.877. The fourth-order valence-corrected chi connectivity index (χ4v) is 3.82. The second-order valence-electron chi connectivity index (χ2n) is 6.17. The molecule has 1 atom stereocenters. The molecule has 1 aliphatic heterocycles. The number of thiophene rings is 1. The van der Waals surface area contributed by atoms with Crippen LogP contribution in [0, 0.1) is 6.92 Å². The molecule has 122 valence electrons. The lowest BCUT2D eigenvalue weighted by Crippen LogP contribution is -2.33. The Hall–Kier alpha value is -1.62. The predicted molar refractivity (Wildman–Crippen MR) is 95.9 cm³/mol. The Morgan fingerprint density at radius 1 is 1.26 bits per heavy atom. The molecule has 1 unspecified atom stereocenters. The summed E-state index contributed by atoms with van der Waals surface area (Å²) in [5.74, 6) is 0.951. The van der Waals surface area contributed by atoms with Gasteiger partial charge in [-0.3, -0.25) is 4.90 Å². The maximum absolute atomic E-state index is 9.82. The van der Waals surface area contributed by atoms with Gasteiger partial charge in [-0.15, -0.1) is 11.3 Å². The number of nitrogens with zero attached hydrogens (tertiary/aromatic N) is 1. The predicted octanol–water partition coefficient (Wildman–Crippen LogP) is 3.72. The summed E-state index contributed by atoms with van der Waals surface area (Å²) < 4.78 is 5.85. The zero-order valence-corrected chi connectivity index (χ0v) is 14.5. The van der Waals surface area contributed by atoms with Crippen LogP contribution in [0.15, 0.2) is 41.3 Å². The van der Waals surface area contributed by atoms with Gasteiger partial charge in [0.05, 0.1) is 6.10 Å². The van der Waals surface area contributed by atoms with Crippen LogP contribution >= 0.6 is 11.3 Å². The summed E-state index contributed by atoms with van der Waals surface area (Å²) in [6, 6.07) is 10.3. The van der Waals surface area contributed by atoms with Gasteiger partial charge in [0, 0.05) is 30.1 Å². The first-order valence-electron chi connectivity index (χ1n) is 7.96. The highest BCUT2D eigenvalue weighted by Gasteiger charge is 2.16. The summed E-state index contributed by atoms with van der Waals surface area (Å²) in [5.41, 5.74) is 3.71. The van der Waals surface area contributed by atoms with Gasteiger partial charge in [0.1, 0.15) is 12.4 Å². The number of hydrogen-bond acceptors (Lipinski definition) is 4. The average molecular weight is 329 g/mol. The van der Waals surface area contributed by atoms with E-state index >= 15 is 0 Å². The van der Waals surface area contributed by atoms with E-state index in [0.717, 1.165) is 24.4 Å². The lowest BCUT2D eigenvalue weighted by atomic mass is 10.1. The molecule has 0 spiro atoms. The van der Waals surface area contributed by atoms with Crippen molar-refractivity contribution in [3.63, 3.8) is 0 Å². The molecule has 0 bridgehead atoms. The van der Waals surface area contributed by atoms with Crippen molar-refractivity contribution in [3.05, 3.63) is 57.3 Å². The molecule has 2 heterocycles. The van der Waals surface area contributed by atoms with Gasteiger partial charge in [0.2, 0.25) is 0 Å². The van der Waals surface area contributed by atoms with Gasteiger partial charge in [-0.05, 0) is 48.6 Å². The molecule has 4 heteroatoms. The van der Waals surface area contributed by atoms with Crippen LogP contribution in [-0.4, -0.2) is 35.8 Å². The number of aliphatic hydroxyl groups is 1. The summed E-state index contributed by atoms with van der Waals surface area (Å²) in [6.07, 6.45) is 1.88. The first-order valence-corrected chi connectivity index (χ1v) is 8.84. The van der Waals surface area contributed by atoms with E-state index < -0.39 is 0 Å². The van der Waals surface area contributed by atoms with E-state index in [1.807, 2.05) is 25.1 Å². The first-order chi connectivity index (χ1) is 11.1. The van der Waals surface area contributed by atoms with Crippen molar-refractivity contribution in [1.82, 2.24) is 4.90 Å². The van der Waals surface area contributed by atoms with Crippen LogP contribution in [0.3, 0.4) is 0 Å². The molecule has 3 rings (SSSR count). The molecule has 1 aliphatic rings. The third-order valence-electron chi connectivity index (χ3n) is 3.98. The topological polar surface area (TPSA) is 32.7 Å². The maximum atomic E-state index is 9.82. The number of hydrogen-bond donors (Lipinski definition) is 1. The van der Waals surface area contributed by atoms with Gasteiger partial charge >= 0.3 is 0 Å². The fraction of sp³-hybridized carbons (Fsp3) is 0.368. The van der Waals surface area contributed by atoms with Gasteiger partial charge in [-0.25, -0.2) is 0 Å². The van der Waals surface area contributed by atoms with Crippen LogP contribution in [-0.2, 0) is 6.54 Å². The zero-order valence-electron chi connectivity index (χ0n) is 13.7. The lowest BCUT2D eigenvalue weighted by Gasteiger charge is -2.27. The maximum Gasteiger partial charge on any atom is 0.127 e. The molecule has 2 aromatic rings. The van der Waals surface area contributed by atoms with Gasteiger partial charge in [-0.2, -0.15) is 0 Å². The Labute approximate surface area is 141 Å². The summed E-state index contributed by atoms with van der Waals surface area (Å²) >= 11 is 1.78. The van der Waals surface area contributed by atoms with Crippen LogP contribution in [0.1, 0.15) is 22.9 Å². The van der Waals surface area contributed by atoms with Gasteiger partial charge < -0.3 is 9.84 Å². The molecule has 0 saturated heterocycles. The van der Waals surface area contributed by atoms with Crippen molar-refractivity contribution >= 4 is 17.4 Å². The fourth-order valence-electron chi connectivity index (χ4n) is 2.87.